The van der Waals surface area contributed by atoms with E-state index in [0.717, 1.165) is 0 Å². The van der Waals surface area contributed by atoms with Crippen molar-refractivity contribution in [1.29, 1.82) is 0 Å². The number of carbonyl (C=O) groups excluding carboxylic acids is 2. The average molecular weight is 274 g/mol. The van der Waals surface area contributed by atoms with Gasteiger partial charge in [0.05, 0.1) is 5.92 Å². The fourth-order valence-corrected chi connectivity index (χ4v) is 2.55. The maximum atomic E-state index is 11.9. The monoisotopic (exact) mass is 274 g/mol. The Bertz CT molecular complexity index is 736. The number of imide groups is 1. The van der Waals surface area contributed by atoms with E-state index in [1.165, 1.54) is 0 Å². The van der Waals surface area contributed by atoms with Gasteiger partial charge in [0, 0.05) is 17.9 Å². The maximum absolute atomic E-state index is 11.9. The number of rotatable bonds is 1. The molecule has 0 aliphatic carbocycles. The molecule has 2 aliphatic heterocycles. The molecule has 0 spiro atoms. The lowest BCUT2D eigenvalue weighted by molar-refractivity contribution is -0.134. The summed E-state index contributed by atoms with van der Waals surface area (Å²) in [4.78, 5) is 23.1. The first-order chi connectivity index (χ1) is 9.72. The average Bonchev–Trinajstić information content (AvgIpc) is 3.02. The number of hydrogen-bond donors (Lipinski definition) is 1. The van der Waals surface area contributed by atoms with Gasteiger partial charge in [0.2, 0.25) is 18.6 Å². The van der Waals surface area contributed by atoms with Crippen LogP contribution in [-0.2, 0) is 9.59 Å². The molecule has 1 saturated heterocycles. The lowest BCUT2D eigenvalue weighted by Crippen LogP contribution is -2.39. The van der Waals surface area contributed by atoms with Gasteiger partial charge in [-0.1, -0.05) is 5.16 Å². The molecule has 1 atom stereocenters. The lowest BCUT2D eigenvalue weighted by Gasteiger charge is -2.18. The van der Waals surface area contributed by atoms with Crippen LogP contribution in [0.2, 0.25) is 0 Å². The molecule has 1 fully saturated rings. The Balaban J connectivity index is 1.80. The van der Waals surface area contributed by atoms with E-state index >= 15 is 0 Å². The normalized spacial score (nSPS) is 21.3. The Morgan fingerprint density at radius 3 is 2.80 bits per heavy atom. The van der Waals surface area contributed by atoms with Crippen molar-refractivity contribution in [2.75, 3.05) is 6.79 Å². The minimum Gasteiger partial charge on any atom is -0.454 e. The highest BCUT2D eigenvalue weighted by Crippen LogP contribution is 2.39. The van der Waals surface area contributed by atoms with Crippen LogP contribution >= 0.6 is 0 Å². The van der Waals surface area contributed by atoms with Crippen molar-refractivity contribution in [3.8, 4) is 11.5 Å². The number of benzene rings is 1. The second-order valence-electron chi connectivity index (χ2n) is 4.77. The minimum absolute atomic E-state index is 0.170. The molecular formula is C13H10N2O5. The van der Waals surface area contributed by atoms with Gasteiger partial charge < -0.3 is 14.0 Å². The zero-order valence-electron chi connectivity index (χ0n) is 10.3. The van der Waals surface area contributed by atoms with Crippen molar-refractivity contribution in [3.63, 3.8) is 0 Å². The van der Waals surface area contributed by atoms with E-state index in [1.54, 1.807) is 12.1 Å². The van der Waals surface area contributed by atoms with Crippen molar-refractivity contribution in [3.05, 3.63) is 17.8 Å². The molecule has 0 unspecified atom stereocenters. The molecule has 20 heavy (non-hydrogen) atoms. The summed E-state index contributed by atoms with van der Waals surface area (Å²) in [6, 6.07) is 3.45. The Morgan fingerprint density at radius 2 is 2.00 bits per heavy atom. The smallest absolute Gasteiger partial charge is 0.235 e. The van der Waals surface area contributed by atoms with Gasteiger partial charge in [0.25, 0.3) is 0 Å². The predicted molar refractivity (Wildman–Crippen MR) is 65.3 cm³/mol. The molecule has 4 rings (SSSR count). The highest BCUT2D eigenvalue weighted by molar-refractivity contribution is 6.02. The molecule has 102 valence electrons. The molecule has 7 nitrogen and oxygen atoms in total. The Labute approximate surface area is 112 Å². The van der Waals surface area contributed by atoms with Crippen molar-refractivity contribution in [2.24, 2.45) is 0 Å². The van der Waals surface area contributed by atoms with Crippen LogP contribution in [0.5, 0.6) is 11.5 Å². The summed E-state index contributed by atoms with van der Waals surface area (Å²) in [6.07, 6.45) is 0.732. The number of nitrogens with one attached hydrogen (secondary N) is 1. The number of fused-ring (bicyclic) bond motifs is 2. The molecular weight excluding hydrogens is 264 g/mol. The van der Waals surface area contributed by atoms with Crippen LogP contribution in [0.4, 0.5) is 0 Å². The molecule has 0 radical (unpaired) electrons. The zero-order chi connectivity index (χ0) is 13.7. The van der Waals surface area contributed by atoms with Crippen molar-refractivity contribution >= 4 is 22.8 Å². The maximum Gasteiger partial charge on any atom is 0.235 e. The number of amides is 2. The SMILES string of the molecule is O=C1CC[C@H](c2noc3cc4c(cc23)OCO4)C(=O)N1. The largest absolute Gasteiger partial charge is 0.454 e. The van der Waals surface area contributed by atoms with Gasteiger partial charge in [-0.3, -0.25) is 14.9 Å². The van der Waals surface area contributed by atoms with Gasteiger partial charge in [-0.05, 0) is 12.5 Å². The van der Waals surface area contributed by atoms with E-state index in [1.807, 2.05) is 0 Å². The number of hydrogen-bond acceptors (Lipinski definition) is 6. The van der Waals surface area contributed by atoms with Crippen LogP contribution in [0, 0.1) is 0 Å². The Morgan fingerprint density at radius 1 is 1.20 bits per heavy atom. The van der Waals surface area contributed by atoms with E-state index in [2.05, 4.69) is 10.5 Å². The third-order valence-corrected chi connectivity index (χ3v) is 3.56. The number of aromatic nitrogens is 1. The minimum atomic E-state index is -0.477. The lowest BCUT2D eigenvalue weighted by atomic mass is 9.93. The fourth-order valence-electron chi connectivity index (χ4n) is 2.55. The van der Waals surface area contributed by atoms with E-state index in [-0.39, 0.29) is 18.6 Å². The Hall–Kier alpha value is -2.57. The first-order valence-corrected chi connectivity index (χ1v) is 6.25. The van der Waals surface area contributed by atoms with E-state index < -0.39 is 5.92 Å². The van der Waals surface area contributed by atoms with Crippen LogP contribution in [0.3, 0.4) is 0 Å². The van der Waals surface area contributed by atoms with Gasteiger partial charge in [-0.25, -0.2) is 0 Å². The fraction of sp³-hybridized carbons (Fsp3) is 0.308. The first kappa shape index (κ1) is 11.3. The topological polar surface area (TPSA) is 90.7 Å². The van der Waals surface area contributed by atoms with Crippen LogP contribution < -0.4 is 14.8 Å². The first-order valence-electron chi connectivity index (χ1n) is 6.25. The van der Waals surface area contributed by atoms with Crippen LogP contribution in [0.1, 0.15) is 24.5 Å². The molecule has 7 heteroatoms. The Kier molecular flexibility index (Phi) is 2.23. The van der Waals surface area contributed by atoms with Crippen molar-refractivity contribution < 1.29 is 23.6 Å². The quantitative estimate of drug-likeness (QED) is 0.782. The third-order valence-electron chi connectivity index (χ3n) is 3.56. The molecule has 2 amide bonds. The number of ether oxygens (including phenoxy) is 2. The van der Waals surface area contributed by atoms with Gasteiger partial charge in [-0.2, -0.15) is 0 Å². The second kappa shape index (κ2) is 3.96. The van der Waals surface area contributed by atoms with Gasteiger partial charge in [0.1, 0.15) is 5.69 Å². The van der Waals surface area contributed by atoms with Gasteiger partial charge in [0.15, 0.2) is 17.1 Å². The summed E-state index contributed by atoms with van der Waals surface area (Å²) in [5.41, 5.74) is 1.07. The highest BCUT2D eigenvalue weighted by Gasteiger charge is 2.32. The van der Waals surface area contributed by atoms with E-state index in [0.29, 0.717) is 41.0 Å². The summed E-state index contributed by atoms with van der Waals surface area (Å²) in [5, 5.41) is 7.01. The third kappa shape index (κ3) is 1.56. The second-order valence-corrected chi connectivity index (χ2v) is 4.77. The molecule has 1 aromatic heterocycles. The molecule has 0 saturated carbocycles. The summed E-state index contributed by atoms with van der Waals surface area (Å²) >= 11 is 0. The number of carbonyl (C=O) groups is 2. The van der Waals surface area contributed by atoms with Crippen LogP contribution in [0.25, 0.3) is 11.0 Å². The highest BCUT2D eigenvalue weighted by atomic mass is 16.7. The summed E-state index contributed by atoms with van der Waals surface area (Å²) in [7, 11) is 0. The number of nitrogens with zero attached hydrogens (tertiary/aromatic N) is 1. The molecule has 2 aromatic rings. The summed E-state index contributed by atoms with van der Waals surface area (Å²) < 4.78 is 15.8. The molecule has 1 aromatic carbocycles. The summed E-state index contributed by atoms with van der Waals surface area (Å²) in [6.45, 7) is 0.170. The molecule has 2 aliphatic rings. The van der Waals surface area contributed by atoms with Crippen molar-refractivity contribution in [1.82, 2.24) is 10.5 Å². The zero-order valence-corrected chi connectivity index (χ0v) is 10.3. The van der Waals surface area contributed by atoms with E-state index in [9.17, 15) is 9.59 Å². The van der Waals surface area contributed by atoms with Crippen LogP contribution in [-0.4, -0.2) is 23.8 Å². The summed E-state index contributed by atoms with van der Waals surface area (Å²) in [5.74, 6) is 0.137. The van der Waals surface area contributed by atoms with Crippen molar-refractivity contribution in [2.45, 2.75) is 18.8 Å². The predicted octanol–water partition coefficient (Wildman–Crippen LogP) is 1.08. The van der Waals surface area contributed by atoms with Gasteiger partial charge >= 0.3 is 0 Å². The van der Waals surface area contributed by atoms with E-state index in [4.69, 9.17) is 14.0 Å². The molecule has 1 N–H and O–H groups in total. The number of piperidine rings is 1. The van der Waals surface area contributed by atoms with Crippen LogP contribution in [0.15, 0.2) is 16.7 Å². The molecule has 0 bridgehead atoms. The standard InChI is InChI=1S/C13H10N2O5/c16-11-2-1-6(13(17)14-11)12-7-3-9-10(19-5-18-9)4-8(7)20-15-12/h3-4,6H,1-2,5H2,(H,14,16,17)/t6-/m1/s1. The van der Waals surface area contributed by atoms with Gasteiger partial charge in [-0.15, -0.1) is 0 Å². The molecule has 3 heterocycles.